The van der Waals surface area contributed by atoms with E-state index in [1.54, 1.807) is 13.2 Å². The number of carbonyl (C=O) groups excluding carboxylic acids is 1. The van der Waals surface area contributed by atoms with Crippen molar-refractivity contribution in [3.8, 4) is 11.5 Å². The van der Waals surface area contributed by atoms with Crippen LogP contribution in [0.2, 0.25) is 0 Å². The van der Waals surface area contributed by atoms with Gasteiger partial charge in [-0.15, -0.1) is 0 Å². The van der Waals surface area contributed by atoms with E-state index in [1.807, 2.05) is 55.5 Å². The Hall–Kier alpha value is -2.86. The van der Waals surface area contributed by atoms with E-state index in [9.17, 15) is 4.79 Å². The quantitative estimate of drug-likeness (QED) is 0.715. The van der Waals surface area contributed by atoms with Crippen molar-refractivity contribution in [2.45, 2.75) is 6.92 Å². The monoisotopic (exact) mass is 354 g/mol. The number of amides is 1. The maximum Gasteiger partial charge on any atom is 0.264 e. The first-order chi connectivity index (χ1) is 12.2. The maximum atomic E-state index is 12.1. The third kappa shape index (κ3) is 4.16. The molecule has 1 aromatic heterocycles. The van der Waals surface area contributed by atoms with Crippen LogP contribution in [-0.2, 0) is 4.79 Å². The smallest absolute Gasteiger partial charge is 0.264 e. The third-order valence-corrected chi connectivity index (χ3v) is 4.40. The number of fused-ring (bicyclic) bond motifs is 1. The molecule has 0 aliphatic rings. The van der Waals surface area contributed by atoms with Crippen LogP contribution >= 0.6 is 11.3 Å². The first-order valence-electron chi connectivity index (χ1n) is 7.78. The standard InChI is InChI=1S/C19H18N2O3S/c1-3-6-13-9-10-15(16(11-13)23-2)24-12-18(22)21-19-20-14-7-4-5-8-17(14)25-19/h3-11H,12H2,1-2H3,(H,20,21,22)/b6-3+. The number of para-hydroxylation sites is 1. The van der Waals surface area contributed by atoms with Crippen LogP contribution in [0.5, 0.6) is 11.5 Å². The molecule has 2 aromatic carbocycles. The molecule has 0 aliphatic carbocycles. The summed E-state index contributed by atoms with van der Waals surface area (Å²) < 4.78 is 11.9. The second-order valence-corrected chi connectivity index (χ2v) is 6.26. The van der Waals surface area contributed by atoms with Crippen LogP contribution in [0.1, 0.15) is 12.5 Å². The predicted octanol–water partition coefficient (Wildman–Crippen LogP) is 4.36. The molecule has 0 atom stereocenters. The highest BCUT2D eigenvalue weighted by Gasteiger charge is 2.10. The molecule has 25 heavy (non-hydrogen) atoms. The van der Waals surface area contributed by atoms with Gasteiger partial charge in [0.05, 0.1) is 17.3 Å². The van der Waals surface area contributed by atoms with E-state index in [1.165, 1.54) is 11.3 Å². The number of ether oxygens (including phenoxy) is 2. The highest BCUT2D eigenvalue weighted by atomic mass is 32.1. The number of anilines is 1. The molecular weight excluding hydrogens is 336 g/mol. The van der Waals surface area contributed by atoms with Crippen molar-refractivity contribution in [2.75, 3.05) is 19.0 Å². The fraction of sp³-hybridized carbons (Fsp3) is 0.158. The summed E-state index contributed by atoms with van der Waals surface area (Å²) in [5.41, 5.74) is 1.87. The van der Waals surface area contributed by atoms with Crippen LogP contribution in [-0.4, -0.2) is 24.6 Å². The number of aromatic nitrogens is 1. The number of nitrogens with one attached hydrogen (secondary N) is 1. The Morgan fingerprint density at radius 3 is 2.84 bits per heavy atom. The van der Waals surface area contributed by atoms with Gasteiger partial charge in [0.1, 0.15) is 0 Å². The van der Waals surface area contributed by atoms with Gasteiger partial charge in [0.15, 0.2) is 23.2 Å². The molecule has 0 bridgehead atoms. The number of hydrogen-bond acceptors (Lipinski definition) is 5. The molecule has 1 heterocycles. The summed E-state index contributed by atoms with van der Waals surface area (Å²) in [7, 11) is 1.57. The molecule has 1 amide bonds. The van der Waals surface area contributed by atoms with E-state index in [0.29, 0.717) is 16.6 Å². The number of rotatable bonds is 6. The summed E-state index contributed by atoms with van der Waals surface area (Å²) in [6.45, 7) is 1.83. The van der Waals surface area contributed by atoms with Crippen LogP contribution in [0.25, 0.3) is 16.3 Å². The maximum absolute atomic E-state index is 12.1. The Bertz CT molecular complexity index is 885. The minimum absolute atomic E-state index is 0.116. The molecule has 128 valence electrons. The summed E-state index contributed by atoms with van der Waals surface area (Å²) in [6, 6.07) is 13.3. The highest BCUT2D eigenvalue weighted by molar-refractivity contribution is 7.22. The van der Waals surface area contributed by atoms with Gasteiger partial charge in [-0.05, 0) is 36.8 Å². The largest absolute Gasteiger partial charge is 0.493 e. The summed E-state index contributed by atoms with van der Waals surface area (Å²) >= 11 is 1.43. The summed E-state index contributed by atoms with van der Waals surface area (Å²) in [6.07, 6.45) is 3.91. The zero-order valence-corrected chi connectivity index (χ0v) is 14.8. The molecule has 1 N–H and O–H groups in total. The Morgan fingerprint density at radius 2 is 2.08 bits per heavy atom. The van der Waals surface area contributed by atoms with E-state index < -0.39 is 0 Å². The highest BCUT2D eigenvalue weighted by Crippen LogP contribution is 2.29. The molecule has 6 heteroatoms. The van der Waals surface area contributed by atoms with Crippen LogP contribution < -0.4 is 14.8 Å². The number of nitrogens with zero attached hydrogens (tertiary/aromatic N) is 1. The van der Waals surface area contributed by atoms with Gasteiger partial charge < -0.3 is 9.47 Å². The number of carbonyl (C=O) groups is 1. The van der Waals surface area contributed by atoms with Gasteiger partial charge in [-0.3, -0.25) is 10.1 Å². The van der Waals surface area contributed by atoms with E-state index in [4.69, 9.17) is 9.47 Å². The first-order valence-corrected chi connectivity index (χ1v) is 8.60. The van der Waals surface area contributed by atoms with Crippen molar-refractivity contribution in [1.82, 2.24) is 4.98 Å². The van der Waals surface area contributed by atoms with Crippen LogP contribution in [0.3, 0.4) is 0 Å². The SMILES string of the molecule is C/C=C/c1ccc(OCC(=O)Nc2nc3ccccc3s2)c(OC)c1. The lowest BCUT2D eigenvalue weighted by Gasteiger charge is -2.11. The molecule has 0 spiro atoms. The number of hydrogen-bond donors (Lipinski definition) is 1. The number of allylic oxidation sites excluding steroid dienone is 1. The van der Waals surface area contributed by atoms with Gasteiger partial charge in [0.2, 0.25) is 0 Å². The van der Waals surface area contributed by atoms with Crippen molar-refractivity contribution in [3.63, 3.8) is 0 Å². The van der Waals surface area contributed by atoms with Gasteiger partial charge in [-0.2, -0.15) is 0 Å². The zero-order chi connectivity index (χ0) is 17.6. The number of thiazole rings is 1. The van der Waals surface area contributed by atoms with Gasteiger partial charge in [-0.1, -0.05) is 41.7 Å². The van der Waals surface area contributed by atoms with Crippen molar-refractivity contribution in [3.05, 3.63) is 54.1 Å². The molecule has 0 saturated heterocycles. The van der Waals surface area contributed by atoms with Crippen LogP contribution in [0, 0.1) is 0 Å². The Kier molecular flexibility index (Phi) is 5.30. The molecular formula is C19H18N2O3S. The van der Waals surface area contributed by atoms with Gasteiger partial charge in [0.25, 0.3) is 5.91 Å². The predicted molar refractivity (Wildman–Crippen MR) is 101 cm³/mol. The van der Waals surface area contributed by atoms with E-state index in [0.717, 1.165) is 15.8 Å². The summed E-state index contributed by atoms with van der Waals surface area (Å²) in [4.78, 5) is 16.5. The normalized spacial score (nSPS) is 11.0. The molecule has 3 aromatic rings. The van der Waals surface area contributed by atoms with E-state index in [-0.39, 0.29) is 12.5 Å². The van der Waals surface area contributed by atoms with Crippen molar-refractivity contribution >= 4 is 38.7 Å². The topological polar surface area (TPSA) is 60.5 Å². The van der Waals surface area contributed by atoms with Crippen molar-refractivity contribution in [1.29, 1.82) is 0 Å². The van der Waals surface area contributed by atoms with Gasteiger partial charge in [0, 0.05) is 0 Å². The Balaban J connectivity index is 1.63. The lowest BCUT2D eigenvalue weighted by molar-refractivity contribution is -0.118. The number of benzene rings is 2. The molecule has 0 fully saturated rings. The first kappa shape index (κ1) is 17.0. The minimum atomic E-state index is -0.265. The van der Waals surface area contributed by atoms with E-state index >= 15 is 0 Å². The fourth-order valence-electron chi connectivity index (χ4n) is 2.32. The second-order valence-electron chi connectivity index (χ2n) is 5.23. The Labute approximate surface area is 149 Å². The van der Waals surface area contributed by atoms with Crippen molar-refractivity contribution < 1.29 is 14.3 Å². The lowest BCUT2D eigenvalue weighted by Crippen LogP contribution is -2.20. The molecule has 5 nitrogen and oxygen atoms in total. The summed E-state index contributed by atoms with van der Waals surface area (Å²) in [5, 5.41) is 3.32. The third-order valence-electron chi connectivity index (χ3n) is 3.45. The lowest BCUT2D eigenvalue weighted by atomic mass is 10.2. The van der Waals surface area contributed by atoms with E-state index in [2.05, 4.69) is 10.3 Å². The zero-order valence-electron chi connectivity index (χ0n) is 14.0. The average Bonchev–Trinajstić information content (AvgIpc) is 3.02. The molecule has 0 radical (unpaired) electrons. The van der Waals surface area contributed by atoms with Crippen LogP contribution in [0.4, 0.5) is 5.13 Å². The van der Waals surface area contributed by atoms with Gasteiger partial charge >= 0.3 is 0 Å². The molecule has 0 aliphatic heterocycles. The Morgan fingerprint density at radius 1 is 1.24 bits per heavy atom. The molecule has 0 saturated carbocycles. The number of methoxy groups -OCH3 is 1. The summed E-state index contributed by atoms with van der Waals surface area (Å²) in [5.74, 6) is 0.845. The minimum Gasteiger partial charge on any atom is -0.493 e. The molecule has 3 rings (SSSR count). The second kappa shape index (κ2) is 7.81. The van der Waals surface area contributed by atoms with Crippen molar-refractivity contribution in [2.24, 2.45) is 0 Å². The van der Waals surface area contributed by atoms with Crippen LogP contribution in [0.15, 0.2) is 48.5 Å². The fourth-order valence-corrected chi connectivity index (χ4v) is 3.21. The molecule has 0 unspecified atom stereocenters. The average molecular weight is 354 g/mol. The van der Waals surface area contributed by atoms with Gasteiger partial charge in [-0.25, -0.2) is 4.98 Å².